The molecule has 3 aromatic rings. The van der Waals surface area contributed by atoms with E-state index >= 15 is 0 Å². The number of ether oxygens (including phenoxy) is 3. The van der Waals surface area contributed by atoms with E-state index in [1.807, 2.05) is 69.3 Å². The normalized spacial score (nSPS) is 24.3. The van der Waals surface area contributed by atoms with Gasteiger partial charge in [-0.3, -0.25) is 14.2 Å². The molecule has 13 nitrogen and oxygen atoms in total. The van der Waals surface area contributed by atoms with Gasteiger partial charge in [0.1, 0.15) is 41.1 Å². The first kappa shape index (κ1) is 39.2. The van der Waals surface area contributed by atoms with E-state index in [0.717, 1.165) is 31.2 Å². The van der Waals surface area contributed by atoms with Crippen LogP contribution in [0.25, 0.3) is 22.2 Å². The van der Waals surface area contributed by atoms with Crippen molar-refractivity contribution in [1.82, 2.24) is 20.5 Å². The van der Waals surface area contributed by atoms with E-state index in [4.69, 9.17) is 19.2 Å². The van der Waals surface area contributed by atoms with Crippen LogP contribution in [0, 0.1) is 11.3 Å². The largest absolute Gasteiger partial charge is 0.497 e. The Labute approximate surface area is 315 Å². The average Bonchev–Trinajstić information content (AvgIpc) is 3.41. The summed E-state index contributed by atoms with van der Waals surface area (Å²) < 4.78 is 31.3. The topological polar surface area (TPSA) is 177 Å². The van der Waals surface area contributed by atoms with E-state index in [1.165, 1.54) is 11.0 Å². The van der Waals surface area contributed by atoms with Gasteiger partial charge in [-0.05, 0) is 49.7 Å². The molecule has 3 amide bonds. The summed E-state index contributed by atoms with van der Waals surface area (Å²) >= 11 is 0. The quantitative estimate of drug-likeness (QED) is 0.126. The van der Waals surface area contributed by atoms with Gasteiger partial charge in [0.25, 0.3) is 0 Å². The smallest absolute Gasteiger partial charge is 0.408 e. The number of hydrogen-bond acceptors (Lipinski definition) is 9. The van der Waals surface area contributed by atoms with Gasteiger partial charge in [0.2, 0.25) is 19.2 Å². The lowest BCUT2D eigenvalue weighted by molar-refractivity contribution is -0.142. The molecule has 2 heterocycles. The number of nitrogens with zero attached hydrogens (tertiary/aromatic N) is 2. The molecule has 290 valence electrons. The van der Waals surface area contributed by atoms with Crippen LogP contribution in [-0.2, 0) is 18.9 Å². The molecule has 54 heavy (non-hydrogen) atoms. The van der Waals surface area contributed by atoms with E-state index in [0.29, 0.717) is 28.1 Å². The second-order valence-electron chi connectivity index (χ2n) is 15.6. The standard InChI is InChI=1S/C40H51N4O9P/c1-6-26-23-40(26,54(49,50)19-18-45)43-36(46)33-21-29(24-44(33)37(47)35(39(2,3)4)42-38(48)53-27-14-10-11-15-27)52-34-22-31(25-12-8-7-9-13-25)41-32-20-28(51-5)16-17-30(32)34/h6-9,12-13,16-17,20,22,26-27,29,33,35,45H,1,10-11,14-15,18-19,21,23-24H2,2-5H3,(H,42,48)(H,43,46)(H,49,50)/t26-,29-,33+,35?,40+/m1/s1. The Morgan fingerprint density at radius 2 is 1.83 bits per heavy atom. The number of rotatable bonds is 13. The summed E-state index contributed by atoms with van der Waals surface area (Å²) in [5.74, 6) is -0.548. The van der Waals surface area contributed by atoms with E-state index in [2.05, 4.69) is 17.2 Å². The van der Waals surface area contributed by atoms with Crippen LogP contribution in [0.1, 0.15) is 59.3 Å². The molecule has 4 N–H and O–H groups in total. The van der Waals surface area contributed by atoms with Crippen molar-refractivity contribution in [2.75, 3.05) is 26.4 Å². The third kappa shape index (κ3) is 8.13. The molecule has 0 spiro atoms. The molecule has 2 aromatic carbocycles. The van der Waals surface area contributed by atoms with Gasteiger partial charge in [-0.25, -0.2) is 9.78 Å². The van der Waals surface area contributed by atoms with E-state index < -0.39 is 72.8 Å². The average molecular weight is 763 g/mol. The molecule has 2 aliphatic carbocycles. The number of carbonyl (C=O) groups is 3. The first-order valence-corrected chi connectivity index (χ1v) is 20.4. The maximum absolute atomic E-state index is 14.6. The number of aliphatic hydroxyl groups is 1. The fourth-order valence-corrected chi connectivity index (χ4v) is 9.72. The number of likely N-dealkylation sites (tertiary alicyclic amines) is 1. The number of nitrogens with one attached hydrogen (secondary N) is 2. The number of aromatic nitrogens is 1. The van der Waals surface area contributed by atoms with Crippen molar-refractivity contribution < 1.29 is 43.2 Å². The molecule has 2 unspecified atom stereocenters. The second-order valence-corrected chi connectivity index (χ2v) is 18.2. The van der Waals surface area contributed by atoms with Gasteiger partial charge in [-0.2, -0.15) is 0 Å². The number of hydrogen-bond donors (Lipinski definition) is 4. The number of pyridine rings is 1. The summed E-state index contributed by atoms with van der Waals surface area (Å²) in [7, 11) is -2.52. The molecule has 3 fully saturated rings. The highest BCUT2D eigenvalue weighted by atomic mass is 31.2. The summed E-state index contributed by atoms with van der Waals surface area (Å²) in [6.45, 7) is 8.68. The van der Waals surface area contributed by atoms with Crippen molar-refractivity contribution in [3.63, 3.8) is 0 Å². The maximum atomic E-state index is 14.6. The molecule has 2 saturated carbocycles. The summed E-state index contributed by atoms with van der Waals surface area (Å²) in [6, 6.07) is 14.7. The Kier molecular flexibility index (Phi) is 11.4. The van der Waals surface area contributed by atoms with Crippen molar-refractivity contribution in [1.29, 1.82) is 0 Å². The van der Waals surface area contributed by atoms with E-state index in [9.17, 15) is 28.9 Å². The molecule has 0 bridgehead atoms. The number of benzene rings is 2. The highest BCUT2D eigenvalue weighted by molar-refractivity contribution is 7.60. The number of aliphatic hydroxyl groups excluding tert-OH is 1. The minimum Gasteiger partial charge on any atom is -0.497 e. The lowest BCUT2D eigenvalue weighted by Gasteiger charge is -2.35. The number of fused-ring (bicyclic) bond motifs is 1. The maximum Gasteiger partial charge on any atom is 0.408 e. The first-order valence-electron chi connectivity index (χ1n) is 18.6. The summed E-state index contributed by atoms with van der Waals surface area (Å²) in [5.41, 5.74) is 1.35. The van der Waals surface area contributed by atoms with E-state index in [-0.39, 0.29) is 25.5 Å². The molecule has 6 rings (SSSR count). The van der Waals surface area contributed by atoms with Crippen molar-refractivity contribution >= 4 is 36.2 Å². The summed E-state index contributed by atoms with van der Waals surface area (Å²) in [4.78, 5) is 59.4. The number of methoxy groups -OCH3 is 1. The third-order valence-corrected chi connectivity index (χ3v) is 13.5. The van der Waals surface area contributed by atoms with Crippen molar-refractivity contribution in [3.05, 3.63) is 67.3 Å². The first-order chi connectivity index (χ1) is 25.7. The Morgan fingerprint density at radius 3 is 2.46 bits per heavy atom. The minimum atomic E-state index is -4.09. The fraction of sp³-hybridized carbons (Fsp3) is 0.500. The Bertz CT molecular complexity index is 1930. The predicted octanol–water partition coefficient (Wildman–Crippen LogP) is 5.62. The number of amides is 3. The van der Waals surface area contributed by atoms with Crippen LogP contribution in [-0.4, -0.2) is 93.8 Å². The van der Waals surface area contributed by atoms with Gasteiger partial charge >= 0.3 is 6.09 Å². The van der Waals surface area contributed by atoms with Gasteiger partial charge in [0.15, 0.2) is 0 Å². The van der Waals surface area contributed by atoms with Crippen molar-refractivity contribution in [3.8, 4) is 22.8 Å². The second kappa shape index (κ2) is 15.7. The lowest BCUT2D eigenvalue weighted by atomic mass is 9.85. The van der Waals surface area contributed by atoms with Gasteiger partial charge in [0, 0.05) is 41.6 Å². The molecule has 1 aliphatic heterocycles. The SMILES string of the molecule is C=C[C@@H]1C[C@]1(NC(=O)[C@@H]1C[C@@H](Oc2cc(-c3ccccc3)nc3cc(OC)ccc23)CN1C(=O)C(NC(=O)OC1CCCC1)C(C)(C)C)P(=O)(O)CCO. The lowest BCUT2D eigenvalue weighted by Crippen LogP contribution is -2.58. The minimum absolute atomic E-state index is 0.0190. The van der Waals surface area contributed by atoms with E-state index in [1.54, 1.807) is 13.2 Å². The van der Waals surface area contributed by atoms with Crippen LogP contribution in [0.4, 0.5) is 4.79 Å². The molecular formula is C40H51N4O9P. The van der Waals surface area contributed by atoms with Gasteiger partial charge in [0.05, 0.1) is 31.5 Å². The van der Waals surface area contributed by atoms with Crippen LogP contribution in [0.2, 0.25) is 0 Å². The molecular weight excluding hydrogens is 711 g/mol. The summed E-state index contributed by atoms with van der Waals surface area (Å²) in [6.07, 6.45) is 3.16. The Morgan fingerprint density at radius 1 is 1.11 bits per heavy atom. The zero-order valence-corrected chi connectivity index (χ0v) is 32.2. The zero-order chi connectivity index (χ0) is 38.8. The zero-order valence-electron chi connectivity index (χ0n) is 31.3. The predicted molar refractivity (Wildman–Crippen MR) is 204 cm³/mol. The van der Waals surface area contributed by atoms with Crippen LogP contribution in [0.3, 0.4) is 0 Å². The van der Waals surface area contributed by atoms with Gasteiger partial charge in [-0.15, -0.1) is 6.58 Å². The number of alkyl carbamates (subject to hydrolysis) is 1. The van der Waals surface area contributed by atoms with Crippen LogP contribution in [0.15, 0.2) is 67.3 Å². The molecule has 3 aliphatic rings. The molecule has 14 heteroatoms. The van der Waals surface area contributed by atoms with Crippen molar-refractivity contribution in [2.45, 2.75) is 88.9 Å². The highest BCUT2D eigenvalue weighted by Gasteiger charge is 2.65. The van der Waals surface area contributed by atoms with Gasteiger partial charge in [-0.1, -0.05) is 57.2 Å². The molecule has 1 saturated heterocycles. The molecule has 6 atom stereocenters. The fourth-order valence-electron chi connectivity index (χ4n) is 7.66. The van der Waals surface area contributed by atoms with Crippen LogP contribution >= 0.6 is 7.37 Å². The van der Waals surface area contributed by atoms with Crippen LogP contribution < -0.4 is 20.1 Å². The number of carbonyl (C=O) groups excluding carboxylic acids is 3. The molecule has 0 radical (unpaired) electrons. The third-order valence-electron chi connectivity index (χ3n) is 10.8. The Balaban J connectivity index is 1.34. The monoisotopic (exact) mass is 762 g/mol. The Hall–Kier alpha value is -4.45. The summed E-state index contributed by atoms with van der Waals surface area (Å²) in [5, 5.41) is 14.4. The highest BCUT2D eigenvalue weighted by Crippen LogP contribution is 2.69. The molecule has 1 aromatic heterocycles. The van der Waals surface area contributed by atoms with Gasteiger partial charge < -0.3 is 39.7 Å². The van der Waals surface area contributed by atoms with Crippen LogP contribution in [0.5, 0.6) is 11.5 Å². The van der Waals surface area contributed by atoms with Crippen molar-refractivity contribution in [2.24, 2.45) is 11.3 Å².